The average Bonchev–Trinajstić information content (AvgIpc) is 2.52. The monoisotopic (exact) mass is 182 g/mol. The lowest BCUT2D eigenvalue weighted by Gasteiger charge is -2.20. The summed E-state index contributed by atoms with van der Waals surface area (Å²) < 4.78 is 5.39. The molecule has 0 bridgehead atoms. The van der Waals surface area contributed by atoms with Crippen LogP contribution in [0.15, 0.2) is 0 Å². The standard InChI is InChI=1S/C11H18O2/c1-3-4-5-6-11(12)10-7-8-13-9(10)2/h1,9-12H,4-8H2,2H3. The van der Waals surface area contributed by atoms with Gasteiger partial charge in [-0.1, -0.05) is 0 Å². The van der Waals surface area contributed by atoms with E-state index in [2.05, 4.69) is 5.92 Å². The average molecular weight is 182 g/mol. The Morgan fingerprint density at radius 3 is 3.00 bits per heavy atom. The Kier molecular flexibility index (Phi) is 4.27. The topological polar surface area (TPSA) is 29.5 Å². The number of rotatable bonds is 4. The van der Waals surface area contributed by atoms with Crippen LogP contribution in [-0.2, 0) is 4.74 Å². The Hall–Kier alpha value is -0.520. The van der Waals surface area contributed by atoms with Crippen molar-refractivity contribution in [2.45, 2.75) is 44.8 Å². The highest BCUT2D eigenvalue weighted by atomic mass is 16.5. The Bertz CT molecular complexity index is 183. The Balaban J connectivity index is 2.22. The van der Waals surface area contributed by atoms with Crippen molar-refractivity contribution in [2.75, 3.05) is 6.61 Å². The van der Waals surface area contributed by atoms with Crippen molar-refractivity contribution in [1.82, 2.24) is 0 Å². The number of unbranched alkanes of at least 4 members (excludes halogenated alkanes) is 1. The maximum absolute atomic E-state index is 9.80. The first-order chi connectivity index (χ1) is 6.25. The molecule has 0 amide bonds. The van der Waals surface area contributed by atoms with Gasteiger partial charge in [0.15, 0.2) is 0 Å². The second kappa shape index (κ2) is 5.26. The zero-order valence-corrected chi connectivity index (χ0v) is 8.20. The Labute approximate surface area is 80.3 Å². The van der Waals surface area contributed by atoms with Crippen LogP contribution in [0.1, 0.15) is 32.6 Å². The summed E-state index contributed by atoms with van der Waals surface area (Å²) in [6, 6.07) is 0. The van der Waals surface area contributed by atoms with Crippen molar-refractivity contribution in [3.05, 3.63) is 0 Å². The van der Waals surface area contributed by atoms with Gasteiger partial charge in [0.05, 0.1) is 12.2 Å². The molecule has 2 heteroatoms. The minimum atomic E-state index is -0.231. The molecule has 1 fully saturated rings. The molecule has 1 heterocycles. The lowest BCUT2D eigenvalue weighted by molar-refractivity contribution is 0.0389. The number of hydrogen-bond acceptors (Lipinski definition) is 2. The molecule has 0 aliphatic carbocycles. The molecule has 0 spiro atoms. The fourth-order valence-electron chi connectivity index (χ4n) is 1.88. The lowest BCUT2D eigenvalue weighted by Crippen LogP contribution is -2.26. The molecule has 74 valence electrons. The molecule has 2 nitrogen and oxygen atoms in total. The smallest absolute Gasteiger partial charge is 0.0600 e. The molecular formula is C11H18O2. The van der Waals surface area contributed by atoms with E-state index in [1.165, 1.54) is 0 Å². The largest absolute Gasteiger partial charge is 0.393 e. The minimum absolute atomic E-state index is 0.209. The highest BCUT2D eigenvalue weighted by Gasteiger charge is 2.29. The molecule has 1 rings (SSSR count). The van der Waals surface area contributed by atoms with Crippen molar-refractivity contribution in [1.29, 1.82) is 0 Å². The molecule has 0 radical (unpaired) electrons. The van der Waals surface area contributed by atoms with Crippen LogP contribution in [0.25, 0.3) is 0 Å². The summed E-state index contributed by atoms with van der Waals surface area (Å²) in [7, 11) is 0. The SMILES string of the molecule is C#CCCCC(O)C1CCOC1C. The van der Waals surface area contributed by atoms with Gasteiger partial charge < -0.3 is 9.84 Å². The molecule has 13 heavy (non-hydrogen) atoms. The van der Waals surface area contributed by atoms with E-state index in [9.17, 15) is 5.11 Å². The first kappa shape index (κ1) is 10.6. The van der Waals surface area contributed by atoms with E-state index in [1.54, 1.807) is 0 Å². The molecule has 0 saturated carbocycles. The van der Waals surface area contributed by atoms with E-state index in [-0.39, 0.29) is 12.2 Å². The number of ether oxygens (including phenoxy) is 1. The molecule has 0 aromatic heterocycles. The van der Waals surface area contributed by atoms with Gasteiger partial charge in [0.25, 0.3) is 0 Å². The third-order valence-electron chi connectivity index (χ3n) is 2.75. The number of aliphatic hydroxyl groups is 1. The number of hydrogen-bond donors (Lipinski definition) is 1. The van der Waals surface area contributed by atoms with E-state index < -0.39 is 0 Å². The van der Waals surface area contributed by atoms with E-state index in [1.807, 2.05) is 6.92 Å². The van der Waals surface area contributed by atoms with Crippen molar-refractivity contribution >= 4 is 0 Å². The Morgan fingerprint density at radius 1 is 1.69 bits per heavy atom. The fourth-order valence-corrected chi connectivity index (χ4v) is 1.88. The van der Waals surface area contributed by atoms with Crippen molar-refractivity contribution in [3.8, 4) is 12.3 Å². The van der Waals surface area contributed by atoms with E-state index in [0.29, 0.717) is 5.92 Å². The van der Waals surface area contributed by atoms with Crippen LogP contribution in [0, 0.1) is 18.3 Å². The maximum Gasteiger partial charge on any atom is 0.0600 e. The fraction of sp³-hybridized carbons (Fsp3) is 0.818. The predicted octanol–water partition coefficient (Wildman–Crippen LogP) is 1.58. The summed E-state index contributed by atoms with van der Waals surface area (Å²) in [5.74, 6) is 2.90. The van der Waals surface area contributed by atoms with Gasteiger partial charge in [-0.25, -0.2) is 0 Å². The molecule has 1 aliphatic heterocycles. The van der Waals surface area contributed by atoms with Crippen molar-refractivity contribution in [3.63, 3.8) is 0 Å². The lowest BCUT2D eigenvalue weighted by atomic mass is 9.92. The molecule has 0 aromatic rings. The quantitative estimate of drug-likeness (QED) is 0.528. The second-order valence-corrected chi connectivity index (χ2v) is 3.69. The van der Waals surface area contributed by atoms with Crippen LogP contribution < -0.4 is 0 Å². The molecule has 1 aliphatic rings. The van der Waals surface area contributed by atoms with Crippen molar-refractivity contribution in [2.24, 2.45) is 5.92 Å². The van der Waals surface area contributed by atoms with Crippen LogP contribution in [-0.4, -0.2) is 23.9 Å². The zero-order valence-electron chi connectivity index (χ0n) is 8.20. The third kappa shape index (κ3) is 3.02. The van der Waals surface area contributed by atoms with Gasteiger partial charge in [-0.05, 0) is 26.2 Å². The normalized spacial score (nSPS) is 29.9. The highest BCUT2D eigenvalue weighted by molar-refractivity contribution is 4.85. The molecule has 3 atom stereocenters. The van der Waals surface area contributed by atoms with Gasteiger partial charge in [-0.2, -0.15) is 0 Å². The predicted molar refractivity (Wildman–Crippen MR) is 52.2 cm³/mol. The first-order valence-electron chi connectivity index (χ1n) is 4.99. The van der Waals surface area contributed by atoms with Crippen molar-refractivity contribution < 1.29 is 9.84 Å². The van der Waals surface area contributed by atoms with Gasteiger partial charge in [0.2, 0.25) is 0 Å². The number of terminal acetylenes is 1. The van der Waals surface area contributed by atoms with Gasteiger partial charge >= 0.3 is 0 Å². The molecule has 0 aromatic carbocycles. The summed E-state index contributed by atoms with van der Waals surface area (Å²) >= 11 is 0. The molecular weight excluding hydrogens is 164 g/mol. The molecule has 1 saturated heterocycles. The maximum atomic E-state index is 9.80. The van der Waals surface area contributed by atoms with Crippen LogP contribution in [0.2, 0.25) is 0 Å². The molecule has 1 N–H and O–H groups in total. The third-order valence-corrected chi connectivity index (χ3v) is 2.75. The summed E-state index contributed by atoms with van der Waals surface area (Å²) in [4.78, 5) is 0. The minimum Gasteiger partial charge on any atom is -0.393 e. The van der Waals surface area contributed by atoms with Gasteiger partial charge in [0.1, 0.15) is 0 Å². The summed E-state index contributed by atoms with van der Waals surface area (Å²) in [5, 5.41) is 9.80. The highest BCUT2D eigenvalue weighted by Crippen LogP contribution is 2.26. The van der Waals surface area contributed by atoms with Crippen LogP contribution in [0.3, 0.4) is 0 Å². The van der Waals surface area contributed by atoms with Crippen LogP contribution in [0.5, 0.6) is 0 Å². The summed E-state index contributed by atoms with van der Waals surface area (Å²) in [6.45, 7) is 2.82. The van der Waals surface area contributed by atoms with Gasteiger partial charge in [0, 0.05) is 18.9 Å². The first-order valence-corrected chi connectivity index (χ1v) is 4.99. The summed E-state index contributed by atoms with van der Waals surface area (Å²) in [5.41, 5.74) is 0. The zero-order chi connectivity index (χ0) is 9.68. The van der Waals surface area contributed by atoms with Gasteiger partial charge in [-0.3, -0.25) is 0 Å². The van der Waals surface area contributed by atoms with Crippen LogP contribution in [0.4, 0.5) is 0 Å². The van der Waals surface area contributed by atoms with E-state index in [0.717, 1.165) is 32.3 Å². The molecule has 3 unspecified atom stereocenters. The van der Waals surface area contributed by atoms with Crippen LogP contribution >= 0.6 is 0 Å². The summed E-state index contributed by atoms with van der Waals surface area (Å²) in [6.07, 6.45) is 8.59. The second-order valence-electron chi connectivity index (χ2n) is 3.69. The van der Waals surface area contributed by atoms with E-state index in [4.69, 9.17) is 11.2 Å². The van der Waals surface area contributed by atoms with E-state index >= 15 is 0 Å². The number of aliphatic hydroxyl groups excluding tert-OH is 1. The Morgan fingerprint density at radius 2 is 2.46 bits per heavy atom. The van der Waals surface area contributed by atoms with Gasteiger partial charge in [-0.15, -0.1) is 12.3 Å².